The summed E-state index contributed by atoms with van der Waals surface area (Å²) in [5, 5.41) is 11.5. The second kappa shape index (κ2) is 5.07. The van der Waals surface area contributed by atoms with Crippen LogP contribution in [0, 0.1) is 5.41 Å². The molecule has 0 aromatic rings. The van der Waals surface area contributed by atoms with E-state index in [1.165, 1.54) is 7.11 Å². The summed E-state index contributed by atoms with van der Waals surface area (Å²) in [7, 11) is 1.33. The lowest BCUT2D eigenvalue weighted by atomic mass is 9.85. The van der Waals surface area contributed by atoms with Crippen LogP contribution in [-0.4, -0.2) is 31.0 Å². The largest absolute Gasteiger partial charge is 0.453 e. The predicted octanol–water partition coefficient (Wildman–Crippen LogP) is 1.14. The van der Waals surface area contributed by atoms with Crippen molar-refractivity contribution in [2.75, 3.05) is 13.7 Å². The minimum absolute atomic E-state index is 0.0614. The zero-order valence-electron chi connectivity index (χ0n) is 8.76. The first kappa shape index (κ1) is 12.2. The van der Waals surface area contributed by atoms with E-state index in [4.69, 9.17) is 5.11 Å². The number of carbonyl (C=O) groups is 1. The van der Waals surface area contributed by atoms with Crippen molar-refractivity contribution in [3.05, 3.63) is 0 Å². The van der Waals surface area contributed by atoms with E-state index in [1.807, 2.05) is 20.8 Å². The summed E-state index contributed by atoms with van der Waals surface area (Å²) in [6, 6.07) is -0.0649. The van der Waals surface area contributed by atoms with Crippen molar-refractivity contribution in [1.29, 1.82) is 0 Å². The third-order valence-electron chi connectivity index (χ3n) is 1.94. The van der Waals surface area contributed by atoms with E-state index in [0.717, 1.165) is 0 Å². The topological polar surface area (TPSA) is 58.6 Å². The molecule has 0 aromatic carbocycles. The van der Waals surface area contributed by atoms with Crippen LogP contribution in [0.3, 0.4) is 0 Å². The molecule has 4 heteroatoms. The van der Waals surface area contributed by atoms with Gasteiger partial charge in [-0.25, -0.2) is 4.79 Å². The maximum atomic E-state index is 10.9. The van der Waals surface area contributed by atoms with Crippen molar-refractivity contribution in [3.8, 4) is 0 Å². The summed E-state index contributed by atoms with van der Waals surface area (Å²) in [6.07, 6.45) is 0.0897. The number of nitrogens with one attached hydrogen (secondary N) is 1. The molecule has 0 radical (unpaired) electrons. The number of hydrogen-bond donors (Lipinski definition) is 2. The molecule has 0 saturated carbocycles. The van der Waals surface area contributed by atoms with Crippen molar-refractivity contribution >= 4 is 6.09 Å². The Morgan fingerprint density at radius 2 is 2.08 bits per heavy atom. The van der Waals surface area contributed by atoms with E-state index in [-0.39, 0.29) is 18.1 Å². The number of aliphatic hydroxyl groups excluding tert-OH is 1. The van der Waals surface area contributed by atoms with Gasteiger partial charge < -0.3 is 15.2 Å². The monoisotopic (exact) mass is 189 g/mol. The summed E-state index contributed by atoms with van der Waals surface area (Å²) < 4.78 is 4.49. The second-order valence-corrected chi connectivity index (χ2v) is 4.07. The van der Waals surface area contributed by atoms with Crippen molar-refractivity contribution in [1.82, 2.24) is 5.32 Å². The van der Waals surface area contributed by atoms with Crippen LogP contribution in [0.15, 0.2) is 0 Å². The van der Waals surface area contributed by atoms with Crippen LogP contribution in [0.2, 0.25) is 0 Å². The van der Waals surface area contributed by atoms with Crippen LogP contribution in [0.1, 0.15) is 27.2 Å². The van der Waals surface area contributed by atoms with Crippen LogP contribution < -0.4 is 5.32 Å². The van der Waals surface area contributed by atoms with E-state index in [0.29, 0.717) is 6.42 Å². The van der Waals surface area contributed by atoms with Crippen LogP contribution in [0.25, 0.3) is 0 Å². The number of methoxy groups -OCH3 is 1. The van der Waals surface area contributed by atoms with Crippen LogP contribution in [-0.2, 0) is 4.74 Å². The third kappa shape index (κ3) is 4.72. The number of alkyl carbamates (subject to hydrolysis) is 1. The maximum Gasteiger partial charge on any atom is 0.407 e. The van der Waals surface area contributed by atoms with E-state index in [2.05, 4.69) is 10.1 Å². The number of aliphatic hydroxyl groups is 1. The van der Waals surface area contributed by atoms with Crippen LogP contribution in [0.5, 0.6) is 0 Å². The molecular weight excluding hydrogens is 170 g/mol. The molecule has 0 spiro atoms. The zero-order valence-corrected chi connectivity index (χ0v) is 8.76. The molecule has 0 aliphatic carbocycles. The van der Waals surface area contributed by atoms with Gasteiger partial charge in [-0.2, -0.15) is 0 Å². The van der Waals surface area contributed by atoms with Crippen LogP contribution in [0.4, 0.5) is 4.79 Å². The Hall–Kier alpha value is -0.770. The minimum atomic E-state index is -0.451. The van der Waals surface area contributed by atoms with Gasteiger partial charge in [0, 0.05) is 12.6 Å². The normalized spacial score (nSPS) is 13.6. The Labute approximate surface area is 79.3 Å². The Balaban J connectivity index is 4.18. The van der Waals surface area contributed by atoms with Crippen molar-refractivity contribution in [2.24, 2.45) is 5.41 Å². The lowest BCUT2D eigenvalue weighted by Gasteiger charge is -2.30. The highest BCUT2D eigenvalue weighted by Gasteiger charge is 2.25. The van der Waals surface area contributed by atoms with Gasteiger partial charge in [-0.05, 0) is 11.8 Å². The summed E-state index contributed by atoms with van der Waals surface area (Å²) in [5.41, 5.74) is -0.0725. The maximum absolute atomic E-state index is 10.9. The number of carbonyl (C=O) groups excluding carboxylic acids is 1. The molecule has 0 heterocycles. The first-order chi connectivity index (χ1) is 5.91. The Kier molecular flexibility index (Phi) is 4.77. The third-order valence-corrected chi connectivity index (χ3v) is 1.94. The summed E-state index contributed by atoms with van der Waals surface area (Å²) >= 11 is 0. The Morgan fingerprint density at radius 3 is 2.38 bits per heavy atom. The molecule has 1 atom stereocenters. The quantitative estimate of drug-likeness (QED) is 0.700. The Morgan fingerprint density at radius 1 is 1.54 bits per heavy atom. The molecular formula is C9H19NO3. The Bertz CT molecular complexity index is 163. The molecule has 0 fully saturated rings. The summed E-state index contributed by atoms with van der Waals surface area (Å²) in [4.78, 5) is 10.9. The smallest absolute Gasteiger partial charge is 0.407 e. The van der Waals surface area contributed by atoms with Crippen molar-refractivity contribution in [2.45, 2.75) is 33.2 Å². The highest BCUT2D eigenvalue weighted by molar-refractivity contribution is 5.67. The van der Waals surface area contributed by atoms with Gasteiger partial charge >= 0.3 is 6.09 Å². The van der Waals surface area contributed by atoms with Gasteiger partial charge in [0.15, 0.2) is 0 Å². The van der Waals surface area contributed by atoms with Gasteiger partial charge in [0.25, 0.3) is 0 Å². The highest BCUT2D eigenvalue weighted by atomic mass is 16.5. The predicted molar refractivity (Wildman–Crippen MR) is 50.5 cm³/mol. The zero-order chi connectivity index (χ0) is 10.5. The SMILES string of the molecule is COC(=O)NC(CCO)C(C)(C)C. The van der Waals surface area contributed by atoms with E-state index in [9.17, 15) is 4.79 Å². The van der Waals surface area contributed by atoms with Crippen LogP contribution >= 0.6 is 0 Å². The average molecular weight is 189 g/mol. The number of amides is 1. The molecule has 0 aliphatic rings. The fourth-order valence-corrected chi connectivity index (χ4v) is 1.05. The van der Waals surface area contributed by atoms with Gasteiger partial charge in [0.2, 0.25) is 0 Å². The van der Waals surface area contributed by atoms with Gasteiger partial charge in [0.1, 0.15) is 0 Å². The van der Waals surface area contributed by atoms with Crippen molar-refractivity contribution < 1.29 is 14.6 Å². The summed E-state index contributed by atoms with van der Waals surface area (Å²) in [6.45, 7) is 6.07. The molecule has 0 aromatic heterocycles. The molecule has 78 valence electrons. The van der Waals surface area contributed by atoms with E-state index in [1.54, 1.807) is 0 Å². The molecule has 13 heavy (non-hydrogen) atoms. The fourth-order valence-electron chi connectivity index (χ4n) is 1.05. The highest BCUT2D eigenvalue weighted by Crippen LogP contribution is 2.21. The lowest BCUT2D eigenvalue weighted by Crippen LogP contribution is -2.44. The molecule has 1 unspecified atom stereocenters. The van der Waals surface area contributed by atoms with Gasteiger partial charge in [0.05, 0.1) is 7.11 Å². The molecule has 0 rings (SSSR count). The first-order valence-electron chi connectivity index (χ1n) is 4.37. The first-order valence-corrected chi connectivity index (χ1v) is 4.37. The standard InChI is InChI=1S/C9H19NO3/c1-9(2,3)7(5-6-11)10-8(12)13-4/h7,11H,5-6H2,1-4H3,(H,10,12). The number of hydrogen-bond acceptors (Lipinski definition) is 3. The fraction of sp³-hybridized carbons (Fsp3) is 0.889. The van der Waals surface area contributed by atoms with E-state index >= 15 is 0 Å². The molecule has 4 nitrogen and oxygen atoms in total. The molecule has 1 amide bonds. The van der Waals surface area contributed by atoms with Gasteiger partial charge in [-0.1, -0.05) is 20.8 Å². The van der Waals surface area contributed by atoms with Gasteiger partial charge in [-0.3, -0.25) is 0 Å². The van der Waals surface area contributed by atoms with E-state index < -0.39 is 6.09 Å². The molecule has 0 aliphatic heterocycles. The molecule has 0 saturated heterocycles. The lowest BCUT2D eigenvalue weighted by molar-refractivity contribution is 0.144. The molecule has 2 N–H and O–H groups in total. The minimum Gasteiger partial charge on any atom is -0.453 e. The second-order valence-electron chi connectivity index (χ2n) is 4.07. The van der Waals surface area contributed by atoms with Gasteiger partial charge in [-0.15, -0.1) is 0 Å². The molecule has 0 bridgehead atoms. The van der Waals surface area contributed by atoms with Crippen molar-refractivity contribution in [3.63, 3.8) is 0 Å². The average Bonchev–Trinajstić information content (AvgIpc) is 2.01. The summed E-state index contributed by atoms with van der Waals surface area (Å²) in [5.74, 6) is 0. The number of ether oxygens (including phenoxy) is 1. The number of rotatable bonds is 3.